The lowest BCUT2D eigenvalue weighted by Gasteiger charge is -2.24. The minimum atomic E-state index is -0.286. The van der Waals surface area contributed by atoms with Crippen LogP contribution in [-0.4, -0.2) is 18.0 Å². The minimum absolute atomic E-state index is 0.160. The van der Waals surface area contributed by atoms with E-state index in [0.717, 1.165) is 50.0 Å². The molecule has 4 nitrogen and oxygen atoms in total. The van der Waals surface area contributed by atoms with Gasteiger partial charge in [0.15, 0.2) is 0 Å². The molecule has 0 unspecified atom stereocenters. The quantitative estimate of drug-likeness (QED) is 0.292. The largest absolute Gasteiger partial charge is 0.371 e. The van der Waals surface area contributed by atoms with Crippen molar-refractivity contribution in [2.45, 2.75) is 39.5 Å². The first-order valence-corrected chi connectivity index (χ1v) is 9.42. The summed E-state index contributed by atoms with van der Waals surface area (Å²) < 4.78 is 0. The Bertz CT molecular complexity index is 718. The van der Waals surface area contributed by atoms with Crippen LogP contribution in [0.5, 0.6) is 0 Å². The van der Waals surface area contributed by atoms with Gasteiger partial charge in [0.1, 0.15) is 0 Å². The van der Waals surface area contributed by atoms with E-state index >= 15 is 0 Å². The Balaban J connectivity index is 2.28. The van der Waals surface area contributed by atoms with Crippen molar-refractivity contribution >= 4 is 23.5 Å². The third-order valence-corrected chi connectivity index (χ3v) is 4.39. The topological polar surface area (TPSA) is 46.4 Å². The summed E-state index contributed by atoms with van der Waals surface area (Å²) in [6.07, 6.45) is 8.14. The highest BCUT2D eigenvalue weighted by atomic mass is 16.6. The molecule has 26 heavy (non-hydrogen) atoms. The Morgan fingerprint density at radius 1 is 0.962 bits per heavy atom. The molecule has 0 N–H and O–H groups in total. The van der Waals surface area contributed by atoms with Gasteiger partial charge in [0, 0.05) is 24.8 Å². The first-order chi connectivity index (χ1) is 12.7. The molecule has 0 spiro atoms. The highest BCUT2D eigenvalue weighted by molar-refractivity contribution is 5.76. The molecule has 0 aliphatic rings. The Morgan fingerprint density at radius 2 is 1.62 bits per heavy atom. The lowest BCUT2D eigenvalue weighted by molar-refractivity contribution is -0.385. The van der Waals surface area contributed by atoms with Crippen LogP contribution < -0.4 is 4.90 Å². The SMILES string of the molecule is CCCCN(CCCC)c1ccc(/C=C/c2ccccc2)c([N+](=O)[O-])c1. The Morgan fingerprint density at radius 3 is 2.19 bits per heavy atom. The van der Waals surface area contributed by atoms with Gasteiger partial charge in [0.05, 0.1) is 10.5 Å². The molecular formula is C22H28N2O2. The summed E-state index contributed by atoms with van der Waals surface area (Å²) in [4.78, 5) is 13.6. The molecule has 0 radical (unpaired) electrons. The van der Waals surface area contributed by atoms with E-state index in [4.69, 9.17) is 0 Å². The number of hydrogen-bond acceptors (Lipinski definition) is 3. The van der Waals surface area contributed by atoms with Gasteiger partial charge in [0.25, 0.3) is 5.69 Å². The van der Waals surface area contributed by atoms with Crippen molar-refractivity contribution in [3.05, 3.63) is 69.8 Å². The van der Waals surface area contributed by atoms with Crippen LogP contribution >= 0.6 is 0 Å². The van der Waals surface area contributed by atoms with E-state index in [-0.39, 0.29) is 10.6 Å². The lowest BCUT2D eigenvalue weighted by Crippen LogP contribution is -2.25. The van der Waals surface area contributed by atoms with E-state index in [1.807, 2.05) is 54.6 Å². The lowest BCUT2D eigenvalue weighted by atomic mass is 10.1. The van der Waals surface area contributed by atoms with E-state index < -0.39 is 0 Å². The van der Waals surface area contributed by atoms with Crippen molar-refractivity contribution in [3.8, 4) is 0 Å². The van der Waals surface area contributed by atoms with Gasteiger partial charge in [-0.1, -0.05) is 63.1 Å². The molecule has 0 bridgehead atoms. The molecule has 0 fully saturated rings. The summed E-state index contributed by atoms with van der Waals surface area (Å²) in [5, 5.41) is 11.6. The summed E-state index contributed by atoms with van der Waals surface area (Å²) in [7, 11) is 0. The van der Waals surface area contributed by atoms with Crippen LogP contribution in [0.3, 0.4) is 0 Å². The molecular weight excluding hydrogens is 324 g/mol. The second-order valence-corrected chi connectivity index (χ2v) is 6.44. The standard InChI is InChI=1S/C22H28N2O2/c1-3-5-16-23(17-6-4-2)21-15-14-20(22(18-21)24(25)26)13-12-19-10-8-7-9-11-19/h7-15,18H,3-6,16-17H2,1-2H3/b13-12+. The van der Waals surface area contributed by atoms with E-state index in [0.29, 0.717) is 5.56 Å². The van der Waals surface area contributed by atoms with Gasteiger partial charge in [-0.15, -0.1) is 0 Å². The fraction of sp³-hybridized carbons (Fsp3) is 0.364. The molecule has 138 valence electrons. The van der Waals surface area contributed by atoms with Gasteiger partial charge in [-0.2, -0.15) is 0 Å². The molecule has 2 aromatic carbocycles. The second kappa shape index (κ2) is 10.4. The first-order valence-electron chi connectivity index (χ1n) is 9.42. The third kappa shape index (κ3) is 5.73. The Hall–Kier alpha value is -2.62. The van der Waals surface area contributed by atoms with Crippen molar-refractivity contribution in [2.75, 3.05) is 18.0 Å². The van der Waals surface area contributed by atoms with Crippen LogP contribution in [0.15, 0.2) is 48.5 Å². The Kier molecular flexibility index (Phi) is 7.87. The number of hydrogen-bond donors (Lipinski definition) is 0. The summed E-state index contributed by atoms with van der Waals surface area (Å²) in [5.74, 6) is 0. The van der Waals surface area contributed by atoms with Crippen LogP contribution in [0.25, 0.3) is 12.2 Å². The van der Waals surface area contributed by atoms with Crippen LogP contribution in [-0.2, 0) is 0 Å². The first kappa shape index (κ1) is 19.7. The van der Waals surface area contributed by atoms with E-state index in [1.165, 1.54) is 0 Å². The fourth-order valence-corrected chi connectivity index (χ4v) is 2.85. The van der Waals surface area contributed by atoms with Crippen LogP contribution in [0.1, 0.15) is 50.7 Å². The minimum Gasteiger partial charge on any atom is -0.371 e. The zero-order chi connectivity index (χ0) is 18.8. The number of nitrogens with zero attached hydrogens (tertiary/aromatic N) is 2. The summed E-state index contributed by atoms with van der Waals surface area (Å²) in [5.41, 5.74) is 2.76. The molecule has 0 saturated carbocycles. The maximum Gasteiger partial charge on any atom is 0.278 e. The molecule has 2 rings (SSSR count). The van der Waals surface area contributed by atoms with Crippen LogP contribution in [0, 0.1) is 10.1 Å². The average molecular weight is 352 g/mol. The average Bonchev–Trinajstić information content (AvgIpc) is 2.67. The van der Waals surface area contributed by atoms with Crippen molar-refractivity contribution < 1.29 is 4.92 Å². The zero-order valence-corrected chi connectivity index (χ0v) is 15.7. The molecule has 0 saturated heterocycles. The molecule has 0 aromatic heterocycles. The number of rotatable bonds is 10. The number of unbranched alkanes of at least 4 members (excludes halogenated alkanes) is 2. The molecule has 2 aromatic rings. The molecule has 0 amide bonds. The number of nitro groups is 1. The van der Waals surface area contributed by atoms with Crippen LogP contribution in [0.4, 0.5) is 11.4 Å². The van der Waals surface area contributed by atoms with Gasteiger partial charge in [-0.05, 0) is 36.6 Å². The zero-order valence-electron chi connectivity index (χ0n) is 15.7. The van der Waals surface area contributed by atoms with Gasteiger partial charge in [0.2, 0.25) is 0 Å². The van der Waals surface area contributed by atoms with Gasteiger partial charge in [-0.25, -0.2) is 0 Å². The highest BCUT2D eigenvalue weighted by Crippen LogP contribution is 2.28. The molecule has 0 heterocycles. The number of anilines is 1. The van der Waals surface area contributed by atoms with Crippen LogP contribution in [0.2, 0.25) is 0 Å². The second-order valence-electron chi connectivity index (χ2n) is 6.44. The summed E-state index contributed by atoms with van der Waals surface area (Å²) in [6, 6.07) is 15.4. The molecule has 0 atom stereocenters. The third-order valence-electron chi connectivity index (χ3n) is 4.39. The monoisotopic (exact) mass is 352 g/mol. The van der Waals surface area contributed by atoms with Gasteiger partial charge < -0.3 is 4.90 Å². The number of nitro benzene ring substituents is 1. The summed E-state index contributed by atoms with van der Waals surface area (Å²) in [6.45, 7) is 6.20. The van der Waals surface area contributed by atoms with E-state index in [2.05, 4.69) is 18.7 Å². The molecule has 0 aliphatic heterocycles. The predicted molar refractivity (Wildman–Crippen MR) is 110 cm³/mol. The Labute approximate surface area is 156 Å². The van der Waals surface area contributed by atoms with Gasteiger partial charge >= 0.3 is 0 Å². The fourth-order valence-electron chi connectivity index (χ4n) is 2.85. The van der Waals surface area contributed by atoms with Crippen molar-refractivity contribution in [2.24, 2.45) is 0 Å². The van der Waals surface area contributed by atoms with Gasteiger partial charge in [-0.3, -0.25) is 10.1 Å². The van der Waals surface area contributed by atoms with E-state index in [9.17, 15) is 10.1 Å². The molecule has 0 aliphatic carbocycles. The van der Waals surface area contributed by atoms with E-state index in [1.54, 1.807) is 6.07 Å². The maximum atomic E-state index is 11.6. The smallest absolute Gasteiger partial charge is 0.278 e. The maximum absolute atomic E-state index is 11.6. The normalized spacial score (nSPS) is 11.0. The van der Waals surface area contributed by atoms with Crippen molar-refractivity contribution in [3.63, 3.8) is 0 Å². The van der Waals surface area contributed by atoms with Crippen molar-refractivity contribution in [1.82, 2.24) is 0 Å². The predicted octanol–water partition coefficient (Wildman–Crippen LogP) is 6.17. The summed E-state index contributed by atoms with van der Waals surface area (Å²) >= 11 is 0. The molecule has 4 heteroatoms. The van der Waals surface area contributed by atoms with Crippen molar-refractivity contribution in [1.29, 1.82) is 0 Å². The highest BCUT2D eigenvalue weighted by Gasteiger charge is 2.15. The number of benzene rings is 2.